The minimum absolute atomic E-state index is 0.0629. The van der Waals surface area contributed by atoms with E-state index in [1.54, 1.807) is 18.2 Å². The number of carbonyl (C=O) groups excluding carboxylic acids is 7. The van der Waals surface area contributed by atoms with E-state index < -0.39 is 29.7 Å². The van der Waals surface area contributed by atoms with Gasteiger partial charge in [-0.3, -0.25) is 48.7 Å². The predicted octanol–water partition coefficient (Wildman–Crippen LogP) is 2.57. The Bertz CT molecular complexity index is 2260. The molecular weight excluding hydrogens is 825 g/mol. The Hall–Kier alpha value is -6.34. The van der Waals surface area contributed by atoms with E-state index in [0.717, 1.165) is 54.9 Å². The first-order valence-electron chi connectivity index (χ1n) is 22.4. The molecule has 0 bridgehead atoms. The van der Waals surface area contributed by atoms with Crippen LogP contribution in [0.15, 0.2) is 47.1 Å². The van der Waals surface area contributed by atoms with E-state index in [-0.39, 0.29) is 53.3 Å². The highest BCUT2D eigenvalue weighted by molar-refractivity contribution is 6.25. The number of primary amides is 1. The van der Waals surface area contributed by atoms with Crippen LogP contribution in [0.25, 0.3) is 0 Å². The van der Waals surface area contributed by atoms with E-state index in [4.69, 9.17) is 14.9 Å². The van der Waals surface area contributed by atoms with Crippen molar-refractivity contribution >= 4 is 64.4 Å². The van der Waals surface area contributed by atoms with Crippen LogP contribution in [0.1, 0.15) is 94.6 Å². The summed E-state index contributed by atoms with van der Waals surface area (Å²) in [6, 6.07) is 10.4. The van der Waals surface area contributed by atoms with Crippen LogP contribution < -0.4 is 31.5 Å². The molecule has 1 unspecified atom stereocenters. The van der Waals surface area contributed by atoms with Gasteiger partial charge >= 0.3 is 0 Å². The number of carbonyl (C=O) groups is 7. The summed E-state index contributed by atoms with van der Waals surface area (Å²) in [4.78, 5) is 103. The molecule has 4 fully saturated rings. The number of aromatic nitrogens is 1. The van der Waals surface area contributed by atoms with Crippen LogP contribution in [0.4, 0.5) is 23.1 Å². The van der Waals surface area contributed by atoms with E-state index in [2.05, 4.69) is 36.8 Å². The van der Waals surface area contributed by atoms with Crippen molar-refractivity contribution in [3.8, 4) is 0 Å². The molecule has 1 aromatic heterocycles. The summed E-state index contributed by atoms with van der Waals surface area (Å²) in [5.74, 6) is -2.83. The Morgan fingerprint density at radius 3 is 2.34 bits per heavy atom. The number of oxazole rings is 1. The van der Waals surface area contributed by atoms with Crippen molar-refractivity contribution in [3.05, 3.63) is 65.0 Å². The zero-order chi connectivity index (χ0) is 44.7. The molecular formula is C45H56N10O9. The van der Waals surface area contributed by atoms with Crippen LogP contribution in [0.5, 0.6) is 0 Å². The van der Waals surface area contributed by atoms with Gasteiger partial charge in [0.05, 0.1) is 35.7 Å². The quantitative estimate of drug-likeness (QED) is 0.120. The average molecular weight is 881 g/mol. The van der Waals surface area contributed by atoms with Gasteiger partial charge in [-0.1, -0.05) is 25.0 Å². The Morgan fingerprint density at radius 2 is 1.59 bits per heavy atom. The van der Waals surface area contributed by atoms with E-state index in [1.165, 1.54) is 6.26 Å². The molecule has 6 heterocycles. The van der Waals surface area contributed by atoms with Crippen LogP contribution in [0.2, 0.25) is 0 Å². The predicted molar refractivity (Wildman–Crippen MR) is 235 cm³/mol. The lowest BCUT2D eigenvalue weighted by atomic mass is 9.95. The first kappa shape index (κ1) is 44.3. The maximum Gasteiger partial charge on any atom is 0.298 e. The molecule has 0 saturated carbocycles. The van der Waals surface area contributed by atoms with Crippen molar-refractivity contribution in [1.29, 1.82) is 0 Å². The first-order chi connectivity index (χ1) is 31.0. The molecule has 0 spiro atoms. The molecule has 4 saturated heterocycles. The van der Waals surface area contributed by atoms with E-state index in [9.17, 15) is 33.6 Å². The van der Waals surface area contributed by atoms with Gasteiger partial charge in [-0.05, 0) is 61.9 Å². The minimum atomic E-state index is -1.01. The van der Waals surface area contributed by atoms with Crippen LogP contribution in [0.3, 0.4) is 0 Å². The van der Waals surface area contributed by atoms with Crippen LogP contribution in [0, 0.1) is 5.92 Å². The molecule has 5 aliphatic heterocycles. The topological polar surface area (TPSA) is 233 Å². The normalized spacial score (nSPS) is 19.8. The number of rotatable bonds is 16. The first-order valence-corrected chi connectivity index (χ1v) is 22.4. The number of nitrogens with one attached hydrogen (secondary N) is 3. The van der Waals surface area contributed by atoms with Gasteiger partial charge < -0.3 is 40.2 Å². The zero-order valence-corrected chi connectivity index (χ0v) is 36.0. The minimum Gasteiger partial charge on any atom is -0.431 e. The van der Waals surface area contributed by atoms with Crippen LogP contribution >= 0.6 is 0 Å². The number of nitrogens with zero attached hydrogens (tertiary/aromatic N) is 6. The van der Waals surface area contributed by atoms with Crippen molar-refractivity contribution in [2.75, 3.05) is 92.5 Å². The second-order valence-corrected chi connectivity index (χ2v) is 17.0. The van der Waals surface area contributed by atoms with Crippen LogP contribution in [-0.2, 0) is 30.5 Å². The second-order valence-electron chi connectivity index (χ2n) is 17.0. The molecule has 64 heavy (non-hydrogen) atoms. The summed E-state index contributed by atoms with van der Waals surface area (Å²) < 4.78 is 11.1. The van der Waals surface area contributed by atoms with Crippen molar-refractivity contribution in [3.63, 3.8) is 0 Å². The summed E-state index contributed by atoms with van der Waals surface area (Å²) >= 11 is 0. The van der Waals surface area contributed by atoms with E-state index in [0.29, 0.717) is 102 Å². The molecule has 5 aliphatic rings. The molecule has 7 amide bonds. The Balaban J connectivity index is 0.777. The molecule has 0 radical (unpaired) electrons. The molecule has 8 rings (SSSR count). The van der Waals surface area contributed by atoms with Crippen LogP contribution in [-0.4, -0.2) is 139 Å². The van der Waals surface area contributed by atoms with Gasteiger partial charge in [0.15, 0.2) is 5.69 Å². The number of morpholine rings is 1. The summed E-state index contributed by atoms with van der Waals surface area (Å²) in [7, 11) is 0. The highest BCUT2D eigenvalue weighted by Crippen LogP contribution is 2.34. The Kier molecular flexibility index (Phi) is 13.8. The molecule has 5 N–H and O–H groups in total. The number of fused-ring (bicyclic) bond motifs is 1. The standard InChI is InChI=1S/C45H56N10O9/c46-40(58)30-13-16-52(17-14-30)36-26-29(9-10-32(36)48-41(59)34-28-64-45(49-34)54-22-24-63-25-23-54)27-51-18-20-53(21-19-51)38(57)8-3-1-2-4-15-47-33-7-5-6-31-39(33)44(62)55(43(31)61)35-11-12-37(56)50-42(35)60/h5-7,9-10,26,28,30,35,47H,1-4,8,11-25,27H2,(H2,46,58)(H,48,59)(H,50,56,60). The third-order valence-corrected chi connectivity index (χ3v) is 12.8. The summed E-state index contributed by atoms with van der Waals surface area (Å²) in [5.41, 5.74) is 9.40. The third kappa shape index (κ3) is 10.0. The fourth-order valence-corrected chi connectivity index (χ4v) is 9.11. The molecule has 1 atom stereocenters. The molecule has 3 aromatic rings. The number of nitrogens with two attached hydrogens (primary N) is 1. The molecule has 19 heteroatoms. The van der Waals surface area contributed by atoms with E-state index in [1.807, 2.05) is 21.9 Å². The number of unbranched alkanes of at least 4 members (excludes halogenated alkanes) is 3. The van der Waals surface area contributed by atoms with Crippen molar-refractivity contribution < 1.29 is 42.7 Å². The van der Waals surface area contributed by atoms with Gasteiger partial charge in [0.2, 0.25) is 23.6 Å². The van der Waals surface area contributed by atoms with E-state index >= 15 is 0 Å². The maximum atomic E-state index is 13.4. The largest absolute Gasteiger partial charge is 0.431 e. The number of piperazine rings is 1. The number of piperidine rings is 2. The average Bonchev–Trinajstić information content (AvgIpc) is 3.90. The lowest BCUT2D eigenvalue weighted by Crippen LogP contribution is -2.54. The number of hydrogen-bond acceptors (Lipinski definition) is 14. The fraction of sp³-hybridized carbons (Fsp3) is 0.511. The number of hydrogen-bond donors (Lipinski definition) is 4. The van der Waals surface area contributed by atoms with Gasteiger partial charge in [-0.25, -0.2) is 0 Å². The molecule has 19 nitrogen and oxygen atoms in total. The highest BCUT2D eigenvalue weighted by atomic mass is 16.5. The molecule has 2 aromatic carbocycles. The maximum absolute atomic E-state index is 13.4. The van der Waals surface area contributed by atoms with Crippen molar-refractivity contribution in [2.24, 2.45) is 11.7 Å². The smallest absolute Gasteiger partial charge is 0.298 e. The lowest BCUT2D eigenvalue weighted by molar-refractivity contribution is -0.136. The fourth-order valence-electron chi connectivity index (χ4n) is 9.11. The van der Waals surface area contributed by atoms with Gasteiger partial charge in [-0.15, -0.1) is 0 Å². The van der Waals surface area contributed by atoms with Gasteiger partial charge in [0.25, 0.3) is 23.7 Å². The van der Waals surface area contributed by atoms with Gasteiger partial charge in [0.1, 0.15) is 12.3 Å². The number of benzene rings is 2. The number of amides is 7. The highest BCUT2D eigenvalue weighted by Gasteiger charge is 2.45. The second kappa shape index (κ2) is 20.0. The Labute approximate surface area is 371 Å². The number of anilines is 4. The Morgan fingerprint density at radius 1 is 0.828 bits per heavy atom. The van der Waals surface area contributed by atoms with Crippen molar-refractivity contribution in [1.82, 2.24) is 25.0 Å². The molecule has 0 aliphatic carbocycles. The zero-order valence-electron chi connectivity index (χ0n) is 36.0. The summed E-state index contributed by atoms with van der Waals surface area (Å²) in [5, 5.41) is 8.55. The number of imide groups is 2. The monoisotopic (exact) mass is 880 g/mol. The SMILES string of the molecule is NC(=O)C1CCN(c2cc(CN3CCN(C(=O)CCCCCCNc4cccc5c4C(=O)N(C4CCC(=O)NC4=O)C5=O)CC3)ccc2NC(=O)c2coc(N3CCOCC3)n2)CC1. The third-order valence-electron chi connectivity index (χ3n) is 12.8. The summed E-state index contributed by atoms with van der Waals surface area (Å²) in [6.07, 6.45) is 6.58. The van der Waals surface area contributed by atoms with Gasteiger partial charge in [0, 0.05) is 89.9 Å². The summed E-state index contributed by atoms with van der Waals surface area (Å²) in [6.45, 7) is 7.63. The lowest BCUT2D eigenvalue weighted by Gasteiger charge is -2.36. The molecule has 340 valence electrons. The van der Waals surface area contributed by atoms with Crippen molar-refractivity contribution in [2.45, 2.75) is 70.4 Å². The van der Waals surface area contributed by atoms with Gasteiger partial charge in [-0.2, -0.15) is 4.98 Å². The number of ether oxygens (including phenoxy) is 1.